The van der Waals surface area contributed by atoms with Crippen LogP contribution in [0.5, 0.6) is 0 Å². The van der Waals surface area contributed by atoms with Crippen LogP contribution >= 0.6 is 0 Å². The van der Waals surface area contributed by atoms with Gasteiger partial charge in [-0.2, -0.15) is 0 Å². The van der Waals surface area contributed by atoms with E-state index in [2.05, 4.69) is 10.3 Å². The van der Waals surface area contributed by atoms with Gasteiger partial charge in [0, 0.05) is 5.56 Å². The van der Waals surface area contributed by atoms with Gasteiger partial charge in [0.25, 0.3) is 5.91 Å². The van der Waals surface area contributed by atoms with E-state index in [0.717, 1.165) is 5.56 Å². The highest BCUT2D eigenvalue weighted by atomic mass is 16.5. The van der Waals surface area contributed by atoms with Gasteiger partial charge in [0.2, 0.25) is 0 Å². The lowest BCUT2D eigenvalue weighted by molar-refractivity contribution is -0.130. The summed E-state index contributed by atoms with van der Waals surface area (Å²) < 4.78 is 1.36. The molecule has 0 fully saturated rings. The molecule has 2 rings (SSSR count). The lowest BCUT2D eigenvalue weighted by Crippen LogP contribution is -2.24. The van der Waals surface area contributed by atoms with Crippen LogP contribution in [0.15, 0.2) is 30.5 Å². The van der Waals surface area contributed by atoms with Crippen LogP contribution in [0.2, 0.25) is 0 Å². The molecule has 17 heavy (non-hydrogen) atoms. The highest BCUT2D eigenvalue weighted by molar-refractivity contribution is 5.74. The molecule has 1 heterocycles. The van der Waals surface area contributed by atoms with Crippen LogP contribution < -0.4 is 5.48 Å². The molecule has 0 unspecified atom stereocenters. The lowest BCUT2D eigenvalue weighted by Gasteiger charge is -1.97. The maximum atomic E-state index is 10.9. The Morgan fingerprint density at radius 3 is 2.76 bits per heavy atom. The van der Waals surface area contributed by atoms with Crippen molar-refractivity contribution < 1.29 is 10.0 Å². The summed E-state index contributed by atoms with van der Waals surface area (Å²) in [5.41, 5.74) is 4.34. The fraction of sp³-hybridized carbons (Fsp3) is 0.182. The molecule has 0 aliphatic rings. The smallest absolute Gasteiger partial charge is 0.265 e. The van der Waals surface area contributed by atoms with Gasteiger partial charge in [-0.05, 0) is 6.92 Å². The summed E-state index contributed by atoms with van der Waals surface area (Å²) in [5, 5.41) is 16.1. The fourth-order valence-electron chi connectivity index (χ4n) is 1.41. The van der Waals surface area contributed by atoms with E-state index < -0.39 is 5.91 Å². The predicted molar refractivity (Wildman–Crippen MR) is 60.1 cm³/mol. The van der Waals surface area contributed by atoms with Crippen molar-refractivity contribution in [3.05, 3.63) is 36.0 Å². The summed E-state index contributed by atoms with van der Waals surface area (Å²) in [6, 6.07) is 7.84. The fourth-order valence-corrected chi connectivity index (χ4v) is 1.41. The normalized spacial score (nSPS) is 10.2. The number of aromatic nitrogens is 3. The summed E-state index contributed by atoms with van der Waals surface area (Å²) in [7, 11) is 0. The minimum Gasteiger partial charge on any atom is -0.289 e. The lowest BCUT2D eigenvalue weighted by atomic mass is 10.1. The van der Waals surface area contributed by atoms with Crippen molar-refractivity contribution in [1.82, 2.24) is 20.5 Å². The molecule has 0 saturated heterocycles. The van der Waals surface area contributed by atoms with Crippen LogP contribution in [0.4, 0.5) is 0 Å². The third-order valence-corrected chi connectivity index (χ3v) is 2.32. The Labute approximate surface area is 97.8 Å². The van der Waals surface area contributed by atoms with Crippen molar-refractivity contribution in [2.24, 2.45) is 0 Å². The first-order chi connectivity index (χ1) is 8.19. The third kappa shape index (κ3) is 2.67. The average Bonchev–Trinajstić information content (AvgIpc) is 2.78. The van der Waals surface area contributed by atoms with Crippen molar-refractivity contribution in [1.29, 1.82) is 0 Å². The van der Waals surface area contributed by atoms with Gasteiger partial charge >= 0.3 is 0 Å². The first-order valence-corrected chi connectivity index (χ1v) is 5.09. The van der Waals surface area contributed by atoms with Crippen LogP contribution in [-0.2, 0) is 11.3 Å². The Bertz CT molecular complexity index is 519. The molecule has 2 N–H and O–H groups in total. The molecule has 1 aromatic carbocycles. The first kappa shape index (κ1) is 11.3. The number of aryl methyl sites for hydroxylation is 1. The minimum absolute atomic E-state index is 0.0602. The van der Waals surface area contributed by atoms with Crippen molar-refractivity contribution in [3.63, 3.8) is 0 Å². The summed E-state index contributed by atoms with van der Waals surface area (Å²) in [6.45, 7) is 1.95. The van der Waals surface area contributed by atoms with E-state index in [1.807, 2.05) is 31.2 Å². The quantitative estimate of drug-likeness (QED) is 0.604. The summed E-state index contributed by atoms with van der Waals surface area (Å²) in [4.78, 5) is 10.9. The summed E-state index contributed by atoms with van der Waals surface area (Å²) in [6.07, 6.45) is 1.65. The summed E-state index contributed by atoms with van der Waals surface area (Å²) >= 11 is 0. The molecule has 0 aliphatic heterocycles. The molecular weight excluding hydrogens is 220 g/mol. The maximum Gasteiger partial charge on any atom is 0.265 e. The van der Waals surface area contributed by atoms with E-state index in [1.54, 1.807) is 11.7 Å². The van der Waals surface area contributed by atoms with Gasteiger partial charge in [0.1, 0.15) is 12.2 Å². The second-order valence-corrected chi connectivity index (χ2v) is 3.70. The van der Waals surface area contributed by atoms with E-state index in [9.17, 15) is 4.79 Å². The Morgan fingerprint density at radius 2 is 2.12 bits per heavy atom. The molecule has 1 aromatic heterocycles. The Kier molecular flexibility index (Phi) is 3.15. The standard InChI is InChI=1S/C11H12N4O2/c1-8-2-4-9(5-3-8)10-6-15(14-12-10)7-11(16)13-17/h2-6,17H,7H2,1H3,(H,13,16). The number of nitrogens with zero attached hydrogens (tertiary/aromatic N) is 3. The molecule has 0 aliphatic carbocycles. The number of carbonyl (C=O) groups is 1. The predicted octanol–water partition coefficient (Wildman–Crippen LogP) is 0.759. The molecule has 6 nitrogen and oxygen atoms in total. The number of hydroxylamine groups is 1. The van der Waals surface area contributed by atoms with Gasteiger partial charge in [-0.15, -0.1) is 5.10 Å². The Balaban J connectivity index is 2.18. The number of hydrogen-bond acceptors (Lipinski definition) is 4. The van der Waals surface area contributed by atoms with Gasteiger partial charge in [-0.25, -0.2) is 10.2 Å². The van der Waals surface area contributed by atoms with Gasteiger partial charge < -0.3 is 0 Å². The van der Waals surface area contributed by atoms with Crippen LogP contribution in [0, 0.1) is 6.92 Å². The molecule has 0 spiro atoms. The van der Waals surface area contributed by atoms with E-state index in [-0.39, 0.29) is 6.54 Å². The average molecular weight is 232 g/mol. The molecule has 0 radical (unpaired) electrons. The number of hydrogen-bond donors (Lipinski definition) is 2. The highest BCUT2D eigenvalue weighted by Crippen LogP contribution is 2.16. The van der Waals surface area contributed by atoms with Crippen molar-refractivity contribution in [2.45, 2.75) is 13.5 Å². The van der Waals surface area contributed by atoms with E-state index in [0.29, 0.717) is 5.69 Å². The van der Waals surface area contributed by atoms with Crippen molar-refractivity contribution >= 4 is 5.91 Å². The molecule has 0 saturated carbocycles. The Morgan fingerprint density at radius 1 is 1.41 bits per heavy atom. The van der Waals surface area contributed by atoms with Gasteiger partial charge in [0.05, 0.1) is 6.20 Å². The Hall–Kier alpha value is -2.21. The highest BCUT2D eigenvalue weighted by Gasteiger charge is 2.06. The van der Waals surface area contributed by atoms with Crippen LogP contribution in [0.3, 0.4) is 0 Å². The van der Waals surface area contributed by atoms with Gasteiger partial charge in [0.15, 0.2) is 0 Å². The molecular formula is C11H12N4O2. The van der Waals surface area contributed by atoms with Crippen molar-refractivity contribution in [3.8, 4) is 11.3 Å². The minimum atomic E-state index is -0.537. The molecule has 88 valence electrons. The van der Waals surface area contributed by atoms with E-state index in [4.69, 9.17) is 5.21 Å². The monoisotopic (exact) mass is 232 g/mol. The van der Waals surface area contributed by atoms with Gasteiger partial charge in [-0.1, -0.05) is 35.0 Å². The van der Waals surface area contributed by atoms with Crippen molar-refractivity contribution in [2.75, 3.05) is 0 Å². The van der Waals surface area contributed by atoms with E-state index >= 15 is 0 Å². The molecule has 6 heteroatoms. The third-order valence-electron chi connectivity index (χ3n) is 2.32. The zero-order valence-corrected chi connectivity index (χ0v) is 9.29. The molecule has 2 aromatic rings. The van der Waals surface area contributed by atoms with Crippen LogP contribution in [0.1, 0.15) is 5.56 Å². The summed E-state index contributed by atoms with van der Waals surface area (Å²) in [5.74, 6) is -0.537. The number of amides is 1. The van der Waals surface area contributed by atoms with E-state index in [1.165, 1.54) is 10.2 Å². The van der Waals surface area contributed by atoms with Crippen LogP contribution in [0.25, 0.3) is 11.3 Å². The van der Waals surface area contributed by atoms with Crippen LogP contribution in [-0.4, -0.2) is 26.1 Å². The second-order valence-electron chi connectivity index (χ2n) is 3.70. The largest absolute Gasteiger partial charge is 0.289 e. The van der Waals surface area contributed by atoms with Gasteiger partial charge in [-0.3, -0.25) is 10.0 Å². The number of benzene rings is 1. The molecule has 0 atom stereocenters. The zero-order valence-electron chi connectivity index (χ0n) is 9.29. The number of carbonyl (C=O) groups excluding carboxylic acids is 1. The topological polar surface area (TPSA) is 80.0 Å². The second kappa shape index (κ2) is 4.75. The zero-order chi connectivity index (χ0) is 12.3. The SMILES string of the molecule is Cc1ccc(-c2cn(CC(=O)NO)nn2)cc1. The molecule has 1 amide bonds. The molecule has 0 bridgehead atoms. The number of nitrogens with one attached hydrogen (secondary N) is 1. The number of rotatable bonds is 3. The maximum absolute atomic E-state index is 10.9. The first-order valence-electron chi connectivity index (χ1n) is 5.09.